The van der Waals surface area contributed by atoms with E-state index in [9.17, 15) is 0 Å². The third-order valence-electron chi connectivity index (χ3n) is 4.50. The van der Waals surface area contributed by atoms with Crippen molar-refractivity contribution in [3.05, 3.63) is 0 Å². The second kappa shape index (κ2) is 4.73. The lowest BCUT2D eigenvalue weighted by molar-refractivity contribution is 0.0286. The topological polar surface area (TPSA) is 30.3 Å². The van der Waals surface area contributed by atoms with Gasteiger partial charge in [0.05, 0.1) is 12.0 Å². The van der Waals surface area contributed by atoms with Crippen LogP contribution in [0.25, 0.3) is 0 Å². The molecule has 2 fully saturated rings. The molecular weight excluding hydrogens is 198 g/mol. The number of likely N-dealkylation sites (N-methyl/N-ethyl adjacent to an activating group) is 1. The van der Waals surface area contributed by atoms with Crippen molar-refractivity contribution in [2.24, 2.45) is 5.92 Å². The SMILES string of the molecule is CC1CN(C2CCCC2C#N)CC(C)N1C. The van der Waals surface area contributed by atoms with E-state index in [0.29, 0.717) is 18.1 Å². The lowest BCUT2D eigenvalue weighted by atomic mass is 10.00. The molecule has 4 atom stereocenters. The molecule has 0 amide bonds. The summed E-state index contributed by atoms with van der Waals surface area (Å²) in [5.74, 6) is 0.280. The van der Waals surface area contributed by atoms with Gasteiger partial charge in [0.1, 0.15) is 0 Å². The Morgan fingerprint density at radius 2 is 1.75 bits per heavy atom. The van der Waals surface area contributed by atoms with Gasteiger partial charge in [-0.25, -0.2) is 0 Å². The van der Waals surface area contributed by atoms with Crippen LogP contribution in [-0.4, -0.2) is 48.1 Å². The van der Waals surface area contributed by atoms with Crippen molar-refractivity contribution in [2.45, 2.75) is 51.2 Å². The van der Waals surface area contributed by atoms with Gasteiger partial charge in [0.25, 0.3) is 0 Å². The fourth-order valence-electron chi connectivity index (χ4n) is 3.24. The molecule has 1 saturated heterocycles. The fraction of sp³-hybridized carbons (Fsp3) is 0.923. The molecule has 0 bridgehead atoms. The molecule has 2 rings (SSSR count). The number of nitriles is 1. The maximum absolute atomic E-state index is 9.16. The Morgan fingerprint density at radius 3 is 2.31 bits per heavy atom. The van der Waals surface area contributed by atoms with Crippen LogP contribution >= 0.6 is 0 Å². The van der Waals surface area contributed by atoms with Gasteiger partial charge in [-0.05, 0) is 33.7 Å². The summed E-state index contributed by atoms with van der Waals surface area (Å²) in [6, 6.07) is 4.26. The maximum atomic E-state index is 9.16. The van der Waals surface area contributed by atoms with Crippen molar-refractivity contribution in [2.75, 3.05) is 20.1 Å². The molecule has 16 heavy (non-hydrogen) atoms. The monoisotopic (exact) mass is 221 g/mol. The summed E-state index contributed by atoms with van der Waals surface area (Å²) in [4.78, 5) is 5.02. The Kier molecular flexibility index (Phi) is 3.51. The minimum Gasteiger partial charge on any atom is -0.298 e. The first-order valence-corrected chi connectivity index (χ1v) is 6.49. The molecule has 3 heteroatoms. The first kappa shape index (κ1) is 11.9. The van der Waals surface area contributed by atoms with E-state index in [4.69, 9.17) is 5.26 Å². The van der Waals surface area contributed by atoms with Crippen LogP contribution in [0.4, 0.5) is 0 Å². The number of nitrogens with zero attached hydrogens (tertiary/aromatic N) is 3. The number of hydrogen-bond donors (Lipinski definition) is 0. The van der Waals surface area contributed by atoms with Crippen LogP contribution in [0.5, 0.6) is 0 Å². The first-order valence-electron chi connectivity index (χ1n) is 6.49. The van der Waals surface area contributed by atoms with Crippen LogP contribution < -0.4 is 0 Å². The Bertz CT molecular complexity index is 271. The zero-order valence-corrected chi connectivity index (χ0v) is 10.7. The second-order valence-corrected chi connectivity index (χ2v) is 5.55. The summed E-state index contributed by atoms with van der Waals surface area (Å²) in [7, 11) is 2.21. The van der Waals surface area contributed by atoms with Gasteiger partial charge in [0.15, 0.2) is 0 Å². The molecule has 90 valence electrons. The van der Waals surface area contributed by atoms with E-state index in [-0.39, 0.29) is 5.92 Å². The van der Waals surface area contributed by atoms with E-state index in [0.717, 1.165) is 19.5 Å². The second-order valence-electron chi connectivity index (χ2n) is 5.55. The summed E-state index contributed by atoms with van der Waals surface area (Å²) in [6.45, 7) is 6.84. The minimum atomic E-state index is 0.280. The van der Waals surface area contributed by atoms with Gasteiger partial charge in [-0.3, -0.25) is 9.80 Å². The molecule has 0 spiro atoms. The highest BCUT2D eigenvalue weighted by Crippen LogP contribution is 2.31. The Hall–Kier alpha value is -0.590. The lowest BCUT2D eigenvalue weighted by Crippen LogP contribution is -2.58. The molecule has 0 aromatic heterocycles. The van der Waals surface area contributed by atoms with E-state index in [1.165, 1.54) is 12.8 Å². The van der Waals surface area contributed by atoms with E-state index in [2.05, 4.69) is 36.8 Å². The number of piperazine rings is 1. The minimum absolute atomic E-state index is 0.280. The maximum Gasteiger partial charge on any atom is 0.0672 e. The Morgan fingerprint density at radius 1 is 1.12 bits per heavy atom. The van der Waals surface area contributed by atoms with Gasteiger partial charge >= 0.3 is 0 Å². The number of rotatable bonds is 1. The molecule has 1 aliphatic heterocycles. The van der Waals surface area contributed by atoms with Crippen molar-refractivity contribution in [1.82, 2.24) is 9.80 Å². The predicted molar refractivity (Wildman–Crippen MR) is 65.0 cm³/mol. The Balaban J connectivity index is 2.03. The van der Waals surface area contributed by atoms with Crippen LogP contribution in [0.15, 0.2) is 0 Å². The molecule has 2 aliphatic rings. The van der Waals surface area contributed by atoms with Gasteiger partial charge in [-0.15, -0.1) is 0 Å². The highest BCUT2D eigenvalue weighted by atomic mass is 15.3. The van der Waals surface area contributed by atoms with Crippen molar-refractivity contribution in [3.63, 3.8) is 0 Å². The van der Waals surface area contributed by atoms with E-state index in [1.807, 2.05) is 0 Å². The van der Waals surface area contributed by atoms with Crippen molar-refractivity contribution >= 4 is 0 Å². The standard InChI is InChI=1S/C13H23N3/c1-10-8-16(9-11(2)15(10)3)13-6-4-5-12(13)7-14/h10-13H,4-6,8-9H2,1-3H3. The summed E-state index contributed by atoms with van der Waals surface area (Å²) in [5, 5.41) is 9.16. The first-order chi connectivity index (χ1) is 7.63. The molecule has 0 N–H and O–H groups in total. The molecule has 4 unspecified atom stereocenters. The molecule has 0 aromatic rings. The van der Waals surface area contributed by atoms with Gasteiger partial charge in [-0.1, -0.05) is 6.42 Å². The zero-order valence-electron chi connectivity index (χ0n) is 10.7. The lowest BCUT2D eigenvalue weighted by Gasteiger charge is -2.45. The molecule has 1 heterocycles. The average Bonchev–Trinajstić information content (AvgIpc) is 2.73. The average molecular weight is 221 g/mol. The molecular formula is C13H23N3. The summed E-state index contributed by atoms with van der Waals surface area (Å²) < 4.78 is 0. The van der Waals surface area contributed by atoms with Gasteiger partial charge in [-0.2, -0.15) is 5.26 Å². The van der Waals surface area contributed by atoms with E-state index < -0.39 is 0 Å². The van der Waals surface area contributed by atoms with Crippen molar-refractivity contribution < 1.29 is 0 Å². The van der Waals surface area contributed by atoms with Crippen LogP contribution in [0, 0.1) is 17.2 Å². The molecule has 3 nitrogen and oxygen atoms in total. The largest absolute Gasteiger partial charge is 0.298 e. The van der Waals surface area contributed by atoms with Crippen LogP contribution in [-0.2, 0) is 0 Å². The highest BCUT2D eigenvalue weighted by molar-refractivity contribution is 4.99. The highest BCUT2D eigenvalue weighted by Gasteiger charge is 2.36. The molecule has 0 aromatic carbocycles. The zero-order chi connectivity index (χ0) is 11.7. The third-order valence-corrected chi connectivity index (χ3v) is 4.50. The van der Waals surface area contributed by atoms with Crippen LogP contribution in [0.1, 0.15) is 33.1 Å². The Labute approximate surface area is 99.0 Å². The van der Waals surface area contributed by atoms with Gasteiger partial charge in [0, 0.05) is 31.2 Å². The molecule has 0 radical (unpaired) electrons. The van der Waals surface area contributed by atoms with Crippen LogP contribution in [0.3, 0.4) is 0 Å². The third kappa shape index (κ3) is 2.09. The quantitative estimate of drug-likeness (QED) is 0.675. The number of hydrogen-bond acceptors (Lipinski definition) is 3. The van der Waals surface area contributed by atoms with Gasteiger partial charge < -0.3 is 0 Å². The van der Waals surface area contributed by atoms with Crippen LogP contribution in [0.2, 0.25) is 0 Å². The summed E-state index contributed by atoms with van der Waals surface area (Å²) in [5.41, 5.74) is 0. The normalized spacial score (nSPS) is 42.1. The van der Waals surface area contributed by atoms with E-state index in [1.54, 1.807) is 0 Å². The molecule has 1 aliphatic carbocycles. The summed E-state index contributed by atoms with van der Waals surface area (Å²) >= 11 is 0. The van der Waals surface area contributed by atoms with E-state index >= 15 is 0 Å². The fourth-order valence-corrected chi connectivity index (χ4v) is 3.24. The van der Waals surface area contributed by atoms with Gasteiger partial charge in [0.2, 0.25) is 0 Å². The predicted octanol–water partition coefficient (Wildman–Crippen LogP) is 1.70. The molecule has 1 saturated carbocycles. The van der Waals surface area contributed by atoms with Crippen molar-refractivity contribution in [3.8, 4) is 6.07 Å². The smallest absolute Gasteiger partial charge is 0.0672 e. The van der Waals surface area contributed by atoms with Crippen molar-refractivity contribution in [1.29, 1.82) is 5.26 Å². The summed E-state index contributed by atoms with van der Waals surface area (Å²) in [6.07, 6.45) is 3.57.